The molecule has 1 aliphatic rings. The van der Waals surface area contributed by atoms with Crippen LogP contribution in [0.4, 0.5) is 0 Å². The molecule has 0 N–H and O–H groups in total. The van der Waals surface area contributed by atoms with Crippen LogP contribution >= 0.6 is 11.8 Å². The molecule has 29 heavy (non-hydrogen) atoms. The first-order valence-corrected chi connectivity index (χ1v) is 11.2. The van der Waals surface area contributed by atoms with Crippen molar-refractivity contribution in [3.8, 4) is 22.8 Å². The average molecular weight is 410 g/mol. The molecule has 0 amide bonds. The fourth-order valence-electron chi connectivity index (χ4n) is 3.45. The Morgan fingerprint density at radius 3 is 2.55 bits per heavy atom. The standard InChI is InChI=1S/C23H27N3O2S/c1-3-27-20-13-11-19(12-14-20)26-22(18-9-7-17(2)8-10-18)24-25-23(26)29-16-21-6-4-5-15-28-21/h7-14,21H,3-6,15-16H2,1-2H3/t21-/m0/s1. The second-order valence-electron chi connectivity index (χ2n) is 7.23. The highest BCUT2D eigenvalue weighted by Crippen LogP contribution is 2.30. The van der Waals surface area contributed by atoms with Gasteiger partial charge in [0, 0.05) is 23.6 Å². The monoisotopic (exact) mass is 409 g/mol. The SMILES string of the molecule is CCOc1ccc(-n2c(SC[C@@H]3CCCCO3)nnc2-c2ccc(C)cc2)cc1. The lowest BCUT2D eigenvalue weighted by Gasteiger charge is -2.22. The summed E-state index contributed by atoms with van der Waals surface area (Å²) in [4.78, 5) is 0. The summed E-state index contributed by atoms with van der Waals surface area (Å²) in [5.74, 6) is 2.61. The van der Waals surface area contributed by atoms with Crippen molar-refractivity contribution in [3.63, 3.8) is 0 Å². The lowest BCUT2D eigenvalue weighted by Crippen LogP contribution is -2.21. The van der Waals surface area contributed by atoms with E-state index in [9.17, 15) is 0 Å². The fourth-order valence-corrected chi connectivity index (χ4v) is 4.47. The molecular formula is C23H27N3O2S. The van der Waals surface area contributed by atoms with E-state index in [-0.39, 0.29) is 0 Å². The molecule has 0 aliphatic carbocycles. The minimum atomic E-state index is 0.294. The number of rotatable bonds is 7. The third-order valence-electron chi connectivity index (χ3n) is 5.02. The maximum Gasteiger partial charge on any atom is 0.196 e. The van der Waals surface area contributed by atoms with Gasteiger partial charge in [-0.05, 0) is 57.4 Å². The fraction of sp³-hybridized carbons (Fsp3) is 0.391. The Morgan fingerprint density at radius 2 is 1.86 bits per heavy atom. The summed E-state index contributed by atoms with van der Waals surface area (Å²) in [7, 11) is 0. The maximum absolute atomic E-state index is 5.90. The summed E-state index contributed by atoms with van der Waals surface area (Å²) >= 11 is 1.71. The molecule has 1 fully saturated rings. The first-order valence-electron chi connectivity index (χ1n) is 10.2. The first kappa shape index (κ1) is 20.0. The van der Waals surface area contributed by atoms with Gasteiger partial charge < -0.3 is 9.47 Å². The van der Waals surface area contributed by atoms with Crippen LogP contribution < -0.4 is 4.74 Å². The van der Waals surface area contributed by atoms with E-state index >= 15 is 0 Å². The summed E-state index contributed by atoms with van der Waals surface area (Å²) in [6, 6.07) is 16.5. The molecule has 1 atom stereocenters. The van der Waals surface area contributed by atoms with E-state index in [0.717, 1.165) is 46.8 Å². The molecule has 2 aromatic carbocycles. The normalized spacial score (nSPS) is 16.7. The van der Waals surface area contributed by atoms with Crippen molar-refractivity contribution < 1.29 is 9.47 Å². The minimum Gasteiger partial charge on any atom is -0.494 e. The summed E-state index contributed by atoms with van der Waals surface area (Å²) < 4.78 is 13.6. The number of aryl methyl sites for hydroxylation is 1. The lowest BCUT2D eigenvalue weighted by molar-refractivity contribution is 0.0315. The van der Waals surface area contributed by atoms with Crippen LogP contribution in [0, 0.1) is 6.92 Å². The number of ether oxygens (including phenoxy) is 2. The highest BCUT2D eigenvalue weighted by atomic mass is 32.2. The summed E-state index contributed by atoms with van der Waals surface area (Å²) in [6.45, 7) is 5.60. The molecule has 152 valence electrons. The molecule has 2 heterocycles. The molecule has 1 aliphatic heterocycles. The average Bonchev–Trinajstić information content (AvgIpc) is 3.18. The quantitative estimate of drug-likeness (QED) is 0.496. The van der Waals surface area contributed by atoms with Gasteiger partial charge in [-0.3, -0.25) is 4.57 Å². The largest absolute Gasteiger partial charge is 0.494 e. The summed E-state index contributed by atoms with van der Waals surface area (Å²) in [5.41, 5.74) is 3.31. The predicted octanol–water partition coefficient (Wildman–Crippen LogP) is 5.30. The predicted molar refractivity (Wildman–Crippen MR) is 117 cm³/mol. The van der Waals surface area contributed by atoms with Gasteiger partial charge in [0.2, 0.25) is 0 Å². The van der Waals surface area contributed by atoms with E-state index in [0.29, 0.717) is 12.7 Å². The van der Waals surface area contributed by atoms with Crippen LogP contribution in [0.5, 0.6) is 5.75 Å². The second kappa shape index (κ2) is 9.46. The number of benzene rings is 2. The molecular weight excluding hydrogens is 382 g/mol. The molecule has 0 bridgehead atoms. The van der Waals surface area contributed by atoms with Crippen LogP contribution in [0.25, 0.3) is 17.1 Å². The minimum absolute atomic E-state index is 0.294. The molecule has 1 saturated heterocycles. The van der Waals surface area contributed by atoms with E-state index in [1.807, 2.05) is 19.1 Å². The first-order chi connectivity index (χ1) is 14.2. The lowest BCUT2D eigenvalue weighted by atomic mass is 10.1. The van der Waals surface area contributed by atoms with Gasteiger partial charge in [-0.1, -0.05) is 41.6 Å². The van der Waals surface area contributed by atoms with Crippen LogP contribution in [0.1, 0.15) is 31.7 Å². The van der Waals surface area contributed by atoms with E-state index < -0.39 is 0 Å². The number of hydrogen-bond acceptors (Lipinski definition) is 5. The zero-order valence-corrected chi connectivity index (χ0v) is 17.8. The van der Waals surface area contributed by atoms with Crippen molar-refractivity contribution in [3.05, 3.63) is 54.1 Å². The Labute approximate surface area is 176 Å². The highest BCUT2D eigenvalue weighted by molar-refractivity contribution is 7.99. The third-order valence-corrected chi connectivity index (χ3v) is 6.08. The van der Waals surface area contributed by atoms with E-state index in [4.69, 9.17) is 9.47 Å². The molecule has 5 nitrogen and oxygen atoms in total. The van der Waals surface area contributed by atoms with E-state index in [1.165, 1.54) is 18.4 Å². The molecule has 4 rings (SSSR count). The van der Waals surface area contributed by atoms with Crippen LogP contribution in [0.15, 0.2) is 53.7 Å². The molecule has 0 spiro atoms. The van der Waals surface area contributed by atoms with Crippen LogP contribution in [0.2, 0.25) is 0 Å². The van der Waals surface area contributed by atoms with Crippen molar-refractivity contribution >= 4 is 11.8 Å². The van der Waals surface area contributed by atoms with Crippen LogP contribution in [-0.4, -0.2) is 39.8 Å². The van der Waals surface area contributed by atoms with Gasteiger partial charge in [0.25, 0.3) is 0 Å². The zero-order chi connectivity index (χ0) is 20.1. The van der Waals surface area contributed by atoms with Gasteiger partial charge in [0.15, 0.2) is 11.0 Å². The molecule has 1 aromatic heterocycles. The zero-order valence-electron chi connectivity index (χ0n) is 17.0. The molecule has 0 radical (unpaired) electrons. The topological polar surface area (TPSA) is 49.2 Å². The van der Waals surface area contributed by atoms with Gasteiger partial charge in [-0.2, -0.15) is 0 Å². The second-order valence-corrected chi connectivity index (χ2v) is 8.22. The molecule has 0 unspecified atom stereocenters. The van der Waals surface area contributed by atoms with Crippen LogP contribution in [0.3, 0.4) is 0 Å². The van der Waals surface area contributed by atoms with E-state index in [2.05, 4.69) is 58.1 Å². The molecule has 3 aromatic rings. The van der Waals surface area contributed by atoms with Crippen molar-refractivity contribution in [2.75, 3.05) is 19.0 Å². The van der Waals surface area contributed by atoms with Crippen molar-refractivity contribution in [1.29, 1.82) is 0 Å². The number of nitrogens with zero attached hydrogens (tertiary/aromatic N) is 3. The van der Waals surface area contributed by atoms with Gasteiger partial charge in [-0.15, -0.1) is 10.2 Å². The summed E-state index contributed by atoms with van der Waals surface area (Å²) in [6.07, 6.45) is 3.82. The van der Waals surface area contributed by atoms with Crippen molar-refractivity contribution in [1.82, 2.24) is 14.8 Å². The Bertz CT molecular complexity index is 916. The number of thioether (sulfide) groups is 1. The summed E-state index contributed by atoms with van der Waals surface area (Å²) in [5, 5.41) is 9.95. The van der Waals surface area contributed by atoms with Crippen LogP contribution in [-0.2, 0) is 4.74 Å². The Hall–Kier alpha value is -2.31. The van der Waals surface area contributed by atoms with Crippen molar-refractivity contribution in [2.24, 2.45) is 0 Å². The van der Waals surface area contributed by atoms with E-state index in [1.54, 1.807) is 11.8 Å². The van der Waals surface area contributed by atoms with Crippen molar-refractivity contribution in [2.45, 2.75) is 44.4 Å². The number of aromatic nitrogens is 3. The Kier molecular flexibility index (Phi) is 6.52. The smallest absolute Gasteiger partial charge is 0.196 e. The number of hydrogen-bond donors (Lipinski definition) is 0. The van der Waals surface area contributed by atoms with Gasteiger partial charge in [0.05, 0.1) is 12.7 Å². The molecule has 6 heteroatoms. The molecule has 0 saturated carbocycles. The Morgan fingerprint density at radius 1 is 1.07 bits per heavy atom. The third kappa shape index (κ3) is 4.82. The van der Waals surface area contributed by atoms with Gasteiger partial charge in [-0.25, -0.2) is 0 Å². The van der Waals surface area contributed by atoms with Gasteiger partial charge >= 0.3 is 0 Å². The highest BCUT2D eigenvalue weighted by Gasteiger charge is 2.19. The maximum atomic E-state index is 5.90. The van der Waals surface area contributed by atoms with Gasteiger partial charge in [0.1, 0.15) is 5.75 Å². The Balaban J connectivity index is 1.66.